The summed E-state index contributed by atoms with van der Waals surface area (Å²) >= 11 is 1.75. The minimum Gasteiger partial charge on any atom is -0.351 e. The fraction of sp³-hybridized carbons (Fsp3) is 0.600. The van der Waals surface area contributed by atoms with Crippen LogP contribution in [0.2, 0.25) is 0 Å². The van der Waals surface area contributed by atoms with Gasteiger partial charge < -0.3 is 10.2 Å². The summed E-state index contributed by atoms with van der Waals surface area (Å²) in [5.74, 6) is 1.13. The number of hydrogen-bond donors (Lipinski definition) is 1. The number of piperidine rings is 1. The molecule has 0 amide bonds. The van der Waals surface area contributed by atoms with E-state index in [1.165, 1.54) is 30.4 Å². The van der Waals surface area contributed by atoms with E-state index >= 15 is 0 Å². The molecule has 1 fully saturated rings. The SMILES string of the molecule is CCCNCC1CCCCN1c1ncnc2ccsc12. The first-order valence-corrected chi connectivity index (χ1v) is 8.43. The molecule has 3 rings (SSSR count). The molecule has 3 heterocycles. The second-order valence-electron chi connectivity index (χ2n) is 5.38. The van der Waals surface area contributed by atoms with Crippen molar-refractivity contribution in [3.05, 3.63) is 17.8 Å². The lowest BCUT2D eigenvalue weighted by Gasteiger charge is -2.37. The third-order valence-corrected chi connectivity index (χ3v) is 4.83. The molecule has 0 saturated carbocycles. The minimum absolute atomic E-state index is 0.565. The van der Waals surface area contributed by atoms with Gasteiger partial charge in [0.05, 0.1) is 10.2 Å². The summed E-state index contributed by atoms with van der Waals surface area (Å²) in [6.07, 6.45) is 6.74. The molecule has 1 unspecified atom stereocenters. The van der Waals surface area contributed by atoms with Gasteiger partial charge in [-0.3, -0.25) is 0 Å². The molecule has 5 heteroatoms. The Balaban J connectivity index is 1.83. The van der Waals surface area contributed by atoms with Crippen molar-refractivity contribution in [1.82, 2.24) is 15.3 Å². The zero-order valence-electron chi connectivity index (χ0n) is 12.0. The van der Waals surface area contributed by atoms with Crippen LogP contribution in [0.25, 0.3) is 10.2 Å². The summed E-state index contributed by atoms with van der Waals surface area (Å²) in [5.41, 5.74) is 1.07. The van der Waals surface area contributed by atoms with E-state index in [1.54, 1.807) is 17.7 Å². The molecule has 1 atom stereocenters. The first kappa shape index (κ1) is 13.8. The lowest BCUT2D eigenvalue weighted by Crippen LogP contribution is -2.46. The zero-order chi connectivity index (χ0) is 13.8. The number of fused-ring (bicyclic) bond motifs is 1. The normalized spacial score (nSPS) is 19.6. The maximum absolute atomic E-state index is 4.58. The number of nitrogens with zero attached hydrogens (tertiary/aromatic N) is 3. The van der Waals surface area contributed by atoms with Gasteiger partial charge in [-0.1, -0.05) is 6.92 Å². The van der Waals surface area contributed by atoms with Crippen LogP contribution in [-0.2, 0) is 0 Å². The molecule has 0 aliphatic carbocycles. The Bertz CT molecular complexity index is 554. The predicted molar refractivity (Wildman–Crippen MR) is 85.6 cm³/mol. The Labute approximate surface area is 124 Å². The number of hydrogen-bond acceptors (Lipinski definition) is 5. The first-order chi connectivity index (χ1) is 9.90. The van der Waals surface area contributed by atoms with Gasteiger partial charge in [0.1, 0.15) is 12.1 Å². The van der Waals surface area contributed by atoms with E-state index < -0.39 is 0 Å². The highest BCUT2D eigenvalue weighted by Crippen LogP contribution is 2.31. The highest BCUT2D eigenvalue weighted by atomic mass is 32.1. The van der Waals surface area contributed by atoms with Crippen molar-refractivity contribution in [1.29, 1.82) is 0 Å². The first-order valence-electron chi connectivity index (χ1n) is 7.55. The van der Waals surface area contributed by atoms with Gasteiger partial charge in [-0.05, 0) is 43.7 Å². The van der Waals surface area contributed by atoms with Gasteiger partial charge in [-0.15, -0.1) is 11.3 Å². The molecule has 0 aromatic carbocycles. The summed E-state index contributed by atoms with van der Waals surface area (Å²) < 4.78 is 1.23. The Morgan fingerprint density at radius 1 is 1.40 bits per heavy atom. The molecule has 2 aromatic heterocycles. The predicted octanol–water partition coefficient (Wildman–Crippen LogP) is 3.05. The monoisotopic (exact) mass is 290 g/mol. The van der Waals surface area contributed by atoms with Crippen molar-refractivity contribution in [2.45, 2.75) is 38.6 Å². The maximum Gasteiger partial charge on any atom is 0.150 e. The van der Waals surface area contributed by atoms with Crippen molar-refractivity contribution in [2.24, 2.45) is 0 Å². The molecular formula is C15H22N4S. The van der Waals surface area contributed by atoms with Crippen molar-refractivity contribution in [3.8, 4) is 0 Å². The third-order valence-electron chi connectivity index (χ3n) is 3.93. The van der Waals surface area contributed by atoms with E-state index in [9.17, 15) is 0 Å². The van der Waals surface area contributed by atoms with Crippen LogP contribution in [-0.4, -0.2) is 35.6 Å². The maximum atomic E-state index is 4.58. The average molecular weight is 290 g/mol. The topological polar surface area (TPSA) is 41.0 Å². The molecule has 1 aliphatic rings. The van der Waals surface area contributed by atoms with Crippen LogP contribution < -0.4 is 10.2 Å². The van der Waals surface area contributed by atoms with Gasteiger partial charge in [0.25, 0.3) is 0 Å². The van der Waals surface area contributed by atoms with E-state index in [-0.39, 0.29) is 0 Å². The molecule has 108 valence electrons. The van der Waals surface area contributed by atoms with Crippen LogP contribution in [0.15, 0.2) is 17.8 Å². The van der Waals surface area contributed by atoms with E-state index in [4.69, 9.17) is 0 Å². The Morgan fingerprint density at radius 3 is 3.25 bits per heavy atom. The van der Waals surface area contributed by atoms with Crippen LogP contribution >= 0.6 is 11.3 Å². The van der Waals surface area contributed by atoms with E-state index in [0.29, 0.717) is 6.04 Å². The molecule has 1 saturated heterocycles. The largest absolute Gasteiger partial charge is 0.351 e. The highest BCUT2D eigenvalue weighted by Gasteiger charge is 2.25. The molecule has 1 N–H and O–H groups in total. The molecule has 1 aliphatic heterocycles. The third kappa shape index (κ3) is 2.79. The van der Waals surface area contributed by atoms with Gasteiger partial charge in [0.15, 0.2) is 0 Å². The van der Waals surface area contributed by atoms with Gasteiger partial charge in [0, 0.05) is 19.1 Å². The lowest BCUT2D eigenvalue weighted by atomic mass is 10.0. The molecule has 0 radical (unpaired) electrons. The van der Waals surface area contributed by atoms with Gasteiger partial charge in [0.2, 0.25) is 0 Å². The number of aromatic nitrogens is 2. The second kappa shape index (κ2) is 6.50. The molecule has 0 bridgehead atoms. The Morgan fingerprint density at radius 2 is 2.35 bits per heavy atom. The van der Waals surface area contributed by atoms with Gasteiger partial charge >= 0.3 is 0 Å². The fourth-order valence-corrected chi connectivity index (χ4v) is 3.77. The van der Waals surface area contributed by atoms with Crippen LogP contribution in [0.4, 0.5) is 5.82 Å². The molecule has 4 nitrogen and oxygen atoms in total. The summed E-state index contributed by atoms with van der Waals surface area (Å²) in [6.45, 7) is 5.49. The molecule has 0 spiro atoms. The summed E-state index contributed by atoms with van der Waals surface area (Å²) in [6, 6.07) is 2.65. The standard InChI is InChI=1S/C15H22N4S/c1-2-7-16-10-12-5-3-4-8-19(12)15-14-13(6-9-20-14)17-11-18-15/h6,9,11-12,16H,2-5,7-8,10H2,1H3. The number of rotatable bonds is 5. The second-order valence-corrected chi connectivity index (χ2v) is 6.30. The summed E-state index contributed by atoms with van der Waals surface area (Å²) in [5, 5.41) is 5.67. The Kier molecular flexibility index (Phi) is 4.47. The molecule has 2 aromatic rings. The molecule has 20 heavy (non-hydrogen) atoms. The van der Waals surface area contributed by atoms with Crippen LogP contribution in [0.1, 0.15) is 32.6 Å². The van der Waals surface area contributed by atoms with E-state index in [2.05, 4.69) is 38.6 Å². The summed E-state index contributed by atoms with van der Waals surface area (Å²) in [7, 11) is 0. The van der Waals surface area contributed by atoms with Crippen molar-refractivity contribution >= 4 is 27.4 Å². The zero-order valence-corrected chi connectivity index (χ0v) is 12.8. The van der Waals surface area contributed by atoms with Gasteiger partial charge in [-0.25, -0.2) is 9.97 Å². The van der Waals surface area contributed by atoms with Crippen LogP contribution in [0, 0.1) is 0 Å². The quantitative estimate of drug-likeness (QED) is 0.859. The van der Waals surface area contributed by atoms with Crippen LogP contribution in [0.3, 0.4) is 0 Å². The lowest BCUT2D eigenvalue weighted by molar-refractivity contribution is 0.434. The van der Waals surface area contributed by atoms with Crippen molar-refractivity contribution in [2.75, 3.05) is 24.5 Å². The van der Waals surface area contributed by atoms with Crippen LogP contribution in [0.5, 0.6) is 0 Å². The van der Waals surface area contributed by atoms with Crippen molar-refractivity contribution in [3.63, 3.8) is 0 Å². The highest BCUT2D eigenvalue weighted by molar-refractivity contribution is 7.17. The van der Waals surface area contributed by atoms with E-state index in [0.717, 1.165) is 31.0 Å². The van der Waals surface area contributed by atoms with Gasteiger partial charge in [-0.2, -0.15) is 0 Å². The summed E-state index contributed by atoms with van der Waals surface area (Å²) in [4.78, 5) is 11.4. The number of thiophene rings is 1. The number of nitrogens with one attached hydrogen (secondary N) is 1. The van der Waals surface area contributed by atoms with E-state index in [1.807, 2.05) is 0 Å². The van der Waals surface area contributed by atoms with Crippen molar-refractivity contribution < 1.29 is 0 Å². The smallest absolute Gasteiger partial charge is 0.150 e. The molecular weight excluding hydrogens is 268 g/mol. The number of anilines is 1. The Hall–Kier alpha value is -1.20. The fourth-order valence-electron chi connectivity index (χ4n) is 2.92. The average Bonchev–Trinajstić information content (AvgIpc) is 2.96. The minimum atomic E-state index is 0.565.